The number of nitrogens with one attached hydrogen (secondary N) is 2. The van der Waals surface area contributed by atoms with Gasteiger partial charge in [0.05, 0.1) is 5.92 Å². The van der Waals surface area contributed by atoms with Crippen molar-refractivity contribution in [3.8, 4) is 12.3 Å². The van der Waals surface area contributed by atoms with Gasteiger partial charge in [-0.3, -0.25) is 9.63 Å². The zero-order valence-electron chi connectivity index (χ0n) is 7.25. The van der Waals surface area contributed by atoms with Crippen molar-refractivity contribution in [2.75, 3.05) is 13.2 Å². The number of amides is 1. The van der Waals surface area contributed by atoms with Crippen molar-refractivity contribution in [2.24, 2.45) is 11.8 Å². The van der Waals surface area contributed by atoms with Crippen molar-refractivity contribution < 1.29 is 9.63 Å². The Morgan fingerprint density at radius 2 is 2.62 bits per heavy atom. The normalized spacial score (nSPS) is 34.8. The Labute approximate surface area is 77.0 Å². The monoisotopic (exact) mass is 180 g/mol. The molecule has 0 aromatic heterocycles. The molecule has 3 aliphatic rings. The largest absolute Gasteiger partial charge is 0.313 e. The highest BCUT2D eigenvalue weighted by molar-refractivity contribution is 5.80. The van der Waals surface area contributed by atoms with E-state index in [0.717, 1.165) is 13.0 Å². The van der Waals surface area contributed by atoms with Gasteiger partial charge in [-0.2, -0.15) is 0 Å². The molecule has 1 amide bonds. The number of terminal acetylenes is 1. The maximum atomic E-state index is 11.4. The molecular weight excluding hydrogens is 168 g/mol. The summed E-state index contributed by atoms with van der Waals surface area (Å²) in [6, 6.07) is 0.361. The van der Waals surface area contributed by atoms with E-state index in [-0.39, 0.29) is 18.4 Å². The van der Waals surface area contributed by atoms with E-state index >= 15 is 0 Å². The van der Waals surface area contributed by atoms with Gasteiger partial charge in [-0.25, -0.2) is 5.48 Å². The highest BCUT2D eigenvalue weighted by Gasteiger charge is 2.50. The molecule has 2 aliphatic heterocycles. The van der Waals surface area contributed by atoms with Crippen LogP contribution in [0.3, 0.4) is 0 Å². The number of fused-ring (bicyclic) bond motifs is 1. The summed E-state index contributed by atoms with van der Waals surface area (Å²) in [7, 11) is 0. The lowest BCUT2D eigenvalue weighted by Crippen LogP contribution is -2.47. The fraction of sp³-hybridized carbons (Fsp3) is 0.667. The molecule has 0 aromatic rings. The van der Waals surface area contributed by atoms with Crippen LogP contribution in [0.5, 0.6) is 0 Å². The molecule has 13 heavy (non-hydrogen) atoms. The fourth-order valence-electron chi connectivity index (χ4n) is 2.09. The summed E-state index contributed by atoms with van der Waals surface area (Å²) in [6.45, 7) is 1.08. The molecule has 2 bridgehead atoms. The Hall–Kier alpha value is -1.05. The number of hydrogen-bond acceptors (Lipinski definition) is 3. The van der Waals surface area contributed by atoms with Gasteiger partial charge in [0.15, 0.2) is 0 Å². The van der Waals surface area contributed by atoms with Gasteiger partial charge in [0.2, 0.25) is 5.91 Å². The smallest absolute Gasteiger partial charge is 0.248 e. The molecule has 3 fully saturated rings. The molecule has 0 radical (unpaired) electrons. The van der Waals surface area contributed by atoms with Gasteiger partial charge < -0.3 is 5.32 Å². The lowest BCUT2D eigenvalue weighted by Gasteiger charge is -2.32. The van der Waals surface area contributed by atoms with E-state index < -0.39 is 0 Å². The summed E-state index contributed by atoms with van der Waals surface area (Å²) in [6.07, 6.45) is 6.08. The molecule has 0 spiro atoms. The fourth-order valence-corrected chi connectivity index (χ4v) is 2.09. The van der Waals surface area contributed by atoms with Crippen LogP contribution in [0.4, 0.5) is 0 Å². The Kier molecular flexibility index (Phi) is 2.21. The lowest BCUT2D eigenvalue weighted by molar-refractivity contribution is -0.141. The van der Waals surface area contributed by atoms with Crippen LogP contribution in [0.2, 0.25) is 0 Å². The van der Waals surface area contributed by atoms with E-state index in [2.05, 4.69) is 16.7 Å². The van der Waals surface area contributed by atoms with Crippen LogP contribution in [0.1, 0.15) is 6.42 Å². The Bertz CT molecular complexity index is 245. The third-order valence-electron chi connectivity index (χ3n) is 2.77. The second-order valence-electron chi connectivity index (χ2n) is 3.50. The molecule has 0 aromatic carbocycles. The predicted octanol–water partition coefficient (Wildman–Crippen LogP) is -0.725. The molecule has 4 heteroatoms. The summed E-state index contributed by atoms with van der Waals surface area (Å²) in [5.41, 5.74) is 2.36. The molecule has 2 saturated heterocycles. The zero-order chi connectivity index (χ0) is 9.26. The van der Waals surface area contributed by atoms with Crippen LogP contribution in [0, 0.1) is 24.2 Å². The van der Waals surface area contributed by atoms with Crippen molar-refractivity contribution in [3.63, 3.8) is 0 Å². The molecule has 3 rings (SSSR count). The van der Waals surface area contributed by atoms with Gasteiger partial charge in [-0.05, 0) is 18.9 Å². The summed E-state index contributed by atoms with van der Waals surface area (Å²) in [4.78, 5) is 16.2. The van der Waals surface area contributed by atoms with Crippen LogP contribution in [0.25, 0.3) is 0 Å². The van der Waals surface area contributed by atoms with Crippen LogP contribution < -0.4 is 10.8 Å². The summed E-state index contributed by atoms with van der Waals surface area (Å²) in [5.74, 6) is 2.84. The van der Waals surface area contributed by atoms with Crippen molar-refractivity contribution in [2.45, 2.75) is 12.5 Å². The number of hydrogen-bond donors (Lipinski definition) is 2. The van der Waals surface area contributed by atoms with Gasteiger partial charge in [-0.1, -0.05) is 5.92 Å². The molecule has 3 atom stereocenters. The Morgan fingerprint density at radius 1 is 1.77 bits per heavy atom. The van der Waals surface area contributed by atoms with E-state index in [1.807, 2.05) is 0 Å². The average Bonchev–Trinajstić information content (AvgIpc) is 2.64. The van der Waals surface area contributed by atoms with Crippen LogP contribution >= 0.6 is 0 Å². The van der Waals surface area contributed by atoms with E-state index in [1.54, 1.807) is 0 Å². The standard InChI is InChI=1S/C9H12N2O2/c1-2-3-13-11-9(12)8-6-4-7(8)10-5-6/h1,6-8,10H,3-5H2,(H,11,12). The van der Waals surface area contributed by atoms with E-state index in [9.17, 15) is 4.79 Å². The van der Waals surface area contributed by atoms with E-state index in [0.29, 0.717) is 12.0 Å². The number of carbonyl (C=O) groups excluding carboxylic acids is 1. The van der Waals surface area contributed by atoms with Crippen molar-refractivity contribution in [3.05, 3.63) is 0 Å². The van der Waals surface area contributed by atoms with Crippen LogP contribution in [-0.2, 0) is 9.63 Å². The topological polar surface area (TPSA) is 50.4 Å². The first-order valence-electron chi connectivity index (χ1n) is 4.41. The third-order valence-corrected chi connectivity index (χ3v) is 2.77. The van der Waals surface area contributed by atoms with Gasteiger partial charge in [0.25, 0.3) is 0 Å². The quantitative estimate of drug-likeness (QED) is 0.342. The van der Waals surface area contributed by atoms with Gasteiger partial charge in [-0.15, -0.1) is 6.42 Å². The average molecular weight is 180 g/mol. The van der Waals surface area contributed by atoms with Crippen LogP contribution in [0.15, 0.2) is 0 Å². The zero-order valence-corrected chi connectivity index (χ0v) is 7.25. The minimum atomic E-state index is -0.0403. The maximum Gasteiger partial charge on any atom is 0.248 e. The van der Waals surface area contributed by atoms with Gasteiger partial charge in [0.1, 0.15) is 6.61 Å². The molecule has 4 nitrogen and oxygen atoms in total. The van der Waals surface area contributed by atoms with Gasteiger partial charge >= 0.3 is 0 Å². The van der Waals surface area contributed by atoms with Crippen LogP contribution in [-0.4, -0.2) is 25.1 Å². The van der Waals surface area contributed by atoms with Gasteiger partial charge in [0, 0.05) is 6.04 Å². The SMILES string of the molecule is C#CCONC(=O)C1C2CNC1C2. The Balaban J connectivity index is 1.76. The van der Waals surface area contributed by atoms with E-state index in [4.69, 9.17) is 11.3 Å². The van der Waals surface area contributed by atoms with Crippen molar-refractivity contribution in [1.82, 2.24) is 10.8 Å². The second-order valence-corrected chi connectivity index (χ2v) is 3.50. The lowest BCUT2D eigenvalue weighted by atomic mass is 9.73. The first kappa shape index (κ1) is 8.54. The summed E-state index contributed by atoms with van der Waals surface area (Å²) in [5, 5.41) is 3.26. The highest BCUT2D eigenvalue weighted by atomic mass is 16.6. The first-order chi connectivity index (χ1) is 6.33. The summed E-state index contributed by atoms with van der Waals surface area (Å²) < 4.78 is 0. The second kappa shape index (κ2) is 3.36. The first-order valence-corrected chi connectivity index (χ1v) is 4.41. The highest BCUT2D eigenvalue weighted by Crippen LogP contribution is 2.39. The van der Waals surface area contributed by atoms with Crippen molar-refractivity contribution >= 4 is 5.91 Å². The maximum absolute atomic E-state index is 11.4. The van der Waals surface area contributed by atoms with Crippen molar-refractivity contribution in [1.29, 1.82) is 0 Å². The minimum Gasteiger partial charge on any atom is -0.313 e. The minimum absolute atomic E-state index is 0.0403. The predicted molar refractivity (Wildman–Crippen MR) is 46.3 cm³/mol. The number of rotatable bonds is 3. The Morgan fingerprint density at radius 3 is 3.15 bits per heavy atom. The molecule has 3 unspecified atom stereocenters. The molecule has 1 saturated carbocycles. The molecule has 2 heterocycles. The molecule has 2 N–H and O–H groups in total. The molecular formula is C9H12N2O2. The number of hydroxylamine groups is 1. The molecule has 1 aliphatic carbocycles. The summed E-state index contributed by atoms with van der Waals surface area (Å²) >= 11 is 0. The third kappa shape index (κ3) is 1.41. The number of carbonyl (C=O) groups is 1. The molecule has 70 valence electrons. The van der Waals surface area contributed by atoms with E-state index in [1.165, 1.54) is 0 Å².